The van der Waals surface area contributed by atoms with Gasteiger partial charge in [0.15, 0.2) is 5.82 Å². The van der Waals surface area contributed by atoms with Crippen molar-refractivity contribution in [1.82, 2.24) is 9.97 Å². The van der Waals surface area contributed by atoms with Crippen molar-refractivity contribution in [3.8, 4) is 0 Å². The van der Waals surface area contributed by atoms with Crippen LogP contribution in [0.15, 0.2) is 36.5 Å². The van der Waals surface area contributed by atoms with E-state index in [0.29, 0.717) is 12.4 Å². The van der Waals surface area contributed by atoms with Gasteiger partial charge in [-0.25, -0.2) is 9.97 Å². The third-order valence-corrected chi connectivity index (χ3v) is 3.46. The number of nitrogens with zero attached hydrogens (tertiary/aromatic N) is 2. The summed E-state index contributed by atoms with van der Waals surface area (Å²) in [5.41, 5.74) is 1.06. The summed E-state index contributed by atoms with van der Waals surface area (Å²) in [6.07, 6.45) is 1.58. The van der Waals surface area contributed by atoms with E-state index in [1.807, 2.05) is 50.5 Å². The lowest BCUT2D eigenvalue weighted by molar-refractivity contribution is 0.0852. The Morgan fingerprint density at radius 1 is 1.32 bits per heavy atom. The van der Waals surface area contributed by atoms with Gasteiger partial charge in [0.2, 0.25) is 0 Å². The summed E-state index contributed by atoms with van der Waals surface area (Å²) < 4.78 is 6.79. The fourth-order valence-corrected chi connectivity index (χ4v) is 2.33. The molecule has 1 unspecified atom stereocenters. The van der Waals surface area contributed by atoms with Crippen molar-refractivity contribution in [3.05, 3.63) is 51.5 Å². The Hall–Kier alpha value is -1.21. The van der Waals surface area contributed by atoms with Crippen LogP contribution in [0.25, 0.3) is 0 Å². The van der Waals surface area contributed by atoms with Gasteiger partial charge >= 0.3 is 0 Å². The molecule has 1 atom stereocenters. The van der Waals surface area contributed by atoms with Crippen molar-refractivity contribution in [2.45, 2.75) is 13.0 Å². The first kappa shape index (κ1) is 14.2. The molecule has 0 saturated carbocycles. The Kier molecular flexibility index (Phi) is 5.09. The van der Waals surface area contributed by atoms with E-state index < -0.39 is 0 Å². The molecule has 0 radical (unpaired) electrons. The van der Waals surface area contributed by atoms with Crippen molar-refractivity contribution < 1.29 is 4.74 Å². The Bertz CT molecular complexity index is 533. The van der Waals surface area contributed by atoms with Gasteiger partial charge in [-0.3, -0.25) is 0 Å². The van der Waals surface area contributed by atoms with E-state index in [1.165, 1.54) is 0 Å². The molecule has 0 saturated heterocycles. The zero-order valence-electron chi connectivity index (χ0n) is 10.9. The van der Waals surface area contributed by atoms with Crippen molar-refractivity contribution in [3.63, 3.8) is 0 Å². The molecule has 0 amide bonds. The van der Waals surface area contributed by atoms with Crippen LogP contribution in [0.3, 0.4) is 0 Å². The lowest BCUT2D eigenvalue weighted by atomic mass is 10.1. The first-order valence-corrected chi connectivity index (χ1v) is 7.20. The molecule has 0 aliphatic rings. The van der Waals surface area contributed by atoms with E-state index >= 15 is 0 Å². The molecule has 1 N–H and O–H groups in total. The second kappa shape index (κ2) is 6.81. The van der Waals surface area contributed by atoms with E-state index in [0.717, 1.165) is 15.0 Å². The Morgan fingerprint density at radius 3 is 2.68 bits per heavy atom. The summed E-state index contributed by atoms with van der Waals surface area (Å²) in [4.78, 5) is 8.93. The quantitative estimate of drug-likeness (QED) is 0.822. The van der Waals surface area contributed by atoms with Crippen molar-refractivity contribution >= 4 is 28.4 Å². The minimum absolute atomic E-state index is 0.227. The highest BCUT2D eigenvalue weighted by Crippen LogP contribution is 2.25. The maximum Gasteiger partial charge on any atom is 0.164 e. The number of aromatic nitrogens is 2. The number of hydrogen-bond acceptors (Lipinski definition) is 4. The molecule has 100 valence electrons. The van der Waals surface area contributed by atoms with E-state index in [4.69, 9.17) is 4.74 Å². The number of ether oxygens (including phenoxy) is 1. The number of rotatable bonds is 5. The number of hydrogen-bond donors (Lipinski definition) is 1. The van der Waals surface area contributed by atoms with Crippen LogP contribution >= 0.6 is 22.6 Å². The first-order chi connectivity index (χ1) is 9.26. The van der Waals surface area contributed by atoms with Gasteiger partial charge in [0.25, 0.3) is 0 Å². The van der Waals surface area contributed by atoms with Gasteiger partial charge in [-0.05, 0) is 35.1 Å². The number of benzene rings is 1. The summed E-state index contributed by atoms with van der Waals surface area (Å²) in [5.74, 6) is 1.50. The van der Waals surface area contributed by atoms with E-state index in [2.05, 4.69) is 37.9 Å². The van der Waals surface area contributed by atoms with Crippen molar-refractivity contribution in [2.24, 2.45) is 0 Å². The van der Waals surface area contributed by atoms with Crippen LogP contribution < -0.4 is 5.32 Å². The van der Waals surface area contributed by atoms with Gasteiger partial charge in [-0.2, -0.15) is 0 Å². The molecule has 1 heterocycles. The lowest BCUT2D eigenvalue weighted by Crippen LogP contribution is -2.12. The zero-order valence-corrected chi connectivity index (χ0v) is 13.1. The van der Waals surface area contributed by atoms with Crippen LogP contribution in [-0.4, -0.2) is 23.6 Å². The molecule has 1 aromatic heterocycles. The maximum atomic E-state index is 5.80. The molecular formula is C14H16IN3O. The van der Waals surface area contributed by atoms with Gasteiger partial charge in [-0.1, -0.05) is 30.3 Å². The molecule has 5 heteroatoms. The second-order valence-corrected chi connectivity index (χ2v) is 5.08. The van der Waals surface area contributed by atoms with Gasteiger partial charge in [-0.15, -0.1) is 0 Å². The molecule has 4 nitrogen and oxygen atoms in total. The van der Waals surface area contributed by atoms with Crippen LogP contribution in [0.2, 0.25) is 0 Å². The Morgan fingerprint density at radius 2 is 2.05 bits per heavy atom. The molecule has 0 aliphatic carbocycles. The van der Waals surface area contributed by atoms with Crippen LogP contribution in [0.1, 0.15) is 24.4 Å². The first-order valence-electron chi connectivity index (χ1n) is 6.13. The number of halogens is 1. The summed E-state index contributed by atoms with van der Waals surface area (Å²) in [6, 6.07) is 10.0. The average molecular weight is 369 g/mol. The highest BCUT2D eigenvalue weighted by Gasteiger charge is 2.18. The third-order valence-electron chi connectivity index (χ3n) is 2.67. The summed E-state index contributed by atoms with van der Waals surface area (Å²) >= 11 is 2.21. The molecular weight excluding hydrogens is 353 g/mol. The summed E-state index contributed by atoms with van der Waals surface area (Å²) in [7, 11) is 1.85. The van der Waals surface area contributed by atoms with Gasteiger partial charge in [0.05, 0.1) is 3.57 Å². The van der Waals surface area contributed by atoms with Crippen LogP contribution in [0, 0.1) is 3.57 Å². The fourth-order valence-electron chi connectivity index (χ4n) is 1.80. The molecule has 0 aliphatic heterocycles. The zero-order chi connectivity index (χ0) is 13.7. The van der Waals surface area contributed by atoms with E-state index in [-0.39, 0.29) is 6.10 Å². The van der Waals surface area contributed by atoms with Crippen LogP contribution in [-0.2, 0) is 4.74 Å². The molecule has 19 heavy (non-hydrogen) atoms. The molecule has 1 aromatic carbocycles. The lowest BCUT2D eigenvalue weighted by Gasteiger charge is -2.17. The van der Waals surface area contributed by atoms with E-state index in [1.54, 1.807) is 0 Å². The molecule has 0 bridgehead atoms. The van der Waals surface area contributed by atoms with Crippen molar-refractivity contribution in [2.75, 3.05) is 19.0 Å². The maximum absolute atomic E-state index is 5.80. The Balaban J connectivity index is 2.39. The highest BCUT2D eigenvalue weighted by atomic mass is 127. The van der Waals surface area contributed by atoms with Gasteiger partial charge in [0, 0.05) is 19.9 Å². The molecule has 2 aromatic rings. The van der Waals surface area contributed by atoms with E-state index in [9.17, 15) is 0 Å². The smallest absolute Gasteiger partial charge is 0.164 e. The minimum atomic E-state index is -0.227. The highest BCUT2D eigenvalue weighted by molar-refractivity contribution is 14.1. The van der Waals surface area contributed by atoms with Crippen molar-refractivity contribution in [1.29, 1.82) is 0 Å². The normalized spacial score (nSPS) is 12.2. The Labute approximate surface area is 126 Å². The fraction of sp³-hybridized carbons (Fsp3) is 0.286. The molecule has 0 fully saturated rings. The summed E-state index contributed by atoms with van der Waals surface area (Å²) in [6.45, 7) is 2.59. The van der Waals surface area contributed by atoms with Crippen LogP contribution in [0.4, 0.5) is 5.82 Å². The second-order valence-electron chi connectivity index (χ2n) is 3.92. The average Bonchev–Trinajstić information content (AvgIpc) is 2.46. The minimum Gasteiger partial charge on any atom is -0.372 e. The molecule has 0 spiro atoms. The van der Waals surface area contributed by atoms with Gasteiger partial charge in [0.1, 0.15) is 11.9 Å². The third kappa shape index (κ3) is 3.42. The number of anilines is 1. The van der Waals surface area contributed by atoms with Gasteiger partial charge < -0.3 is 10.1 Å². The topological polar surface area (TPSA) is 47.0 Å². The van der Waals surface area contributed by atoms with Crippen LogP contribution in [0.5, 0.6) is 0 Å². The standard InChI is InChI=1S/C14H16IN3O/c1-3-19-12(10-7-5-4-6-8-10)14-17-9-11(15)13(16-2)18-14/h4-9,12H,3H2,1-2H3,(H,16,17,18). The SMILES string of the molecule is CCOC(c1ccccc1)c1ncc(I)c(NC)n1. The number of nitrogens with one attached hydrogen (secondary N) is 1. The molecule has 2 rings (SSSR count). The summed E-state index contributed by atoms with van der Waals surface area (Å²) in [5, 5.41) is 3.07. The predicted molar refractivity (Wildman–Crippen MR) is 84.2 cm³/mol. The monoisotopic (exact) mass is 369 g/mol. The largest absolute Gasteiger partial charge is 0.372 e. The predicted octanol–water partition coefficient (Wildman–Crippen LogP) is 3.25.